The molecule has 0 atom stereocenters. The average molecular weight is 280 g/mol. The van der Waals surface area contributed by atoms with E-state index < -0.39 is 0 Å². The second-order valence-electron chi connectivity index (χ2n) is 3.35. The molecule has 1 heterocycles. The summed E-state index contributed by atoms with van der Waals surface area (Å²) >= 11 is 11.8. The highest BCUT2D eigenvalue weighted by Crippen LogP contribution is 2.34. The number of hydrogen-bond donors (Lipinski definition) is 1. The number of nitriles is 1. The molecule has 0 saturated heterocycles. The maximum Gasteiger partial charge on any atom is 0.220 e. The van der Waals surface area contributed by atoms with Gasteiger partial charge in [-0.15, -0.1) is 0 Å². The predicted octanol–water partition coefficient (Wildman–Crippen LogP) is 3.63. The van der Waals surface area contributed by atoms with Crippen molar-refractivity contribution in [3.8, 4) is 17.7 Å². The quantitative estimate of drug-likeness (QED) is 0.911. The van der Waals surface area contributed by atoms with Crippen LogP contribution in [0.3, 0.4) is 0 Å². The van der Waals surface area contributed by atoms with Crippen LogP contribution >= 0.6 is 23.2 Å². The van der Waals surface area contributed by atoms with Crippen molar-refractivity contribution in [2.75, 3.05) is 5.73 Å². The van der Waals surface area contributed by atoms with Gasteiger partial charge in [0.25, 0.3) is 0 Å². The monoisotopic (exact) mass is 279 g/mol. The Labute approximate surface area is 114 Å². The molecule has 90 valence electrons. The molecule has 0 aliphatic heterocycles. The van der Waals surface area contributed by atoms with E-state index >= 15 is 0 Å². The molecule has 1 aromatic carbocycles. The lowest BCUT2D eigenvalue weighted by molar-refractivity contribution is 0.463. The molecule has 6 heteroatoms. The van der Waals surface area contributed by atoms with E-state index in [1.165, 1.54) is 0 Å². The number of anilines is 1. The molecule has 0 radical (unpaired) electrons. The fourth-order valence-corrected chi connectivity index (χ4v) is 1.60. The number of halogens is 2. The van der Waals surface area contributed by atoms with Crippen molar-refractivity contribution in [2.45, 2.75) is 0 Å². The van der Waals surface area contributed by atoms with E-state index in [-0.39, 0.29) is 16.6 Å². The van der Waals surface area contributed by atoms with Crippen LogP contribution in [0.5, 0.6) is 11.6 Å². The van der Waals surface area contributed by atoms with E-state index in [1.807, 2.05) is 6.07 Å². The normalized spacial score (nSPS) is 9.83. The zero-order valence-corrected chi connectivity index (χ0v) is 10.5. The SMILES string of the molecule is N#Cc1nc(Oc2cccc(Cl)c2Cl)ccc1N. The zero-order chi connectivity index (χ0) is 13.1. The van der Waals surface area contributed by atoms with Gasteiger partial charge in [-0.2, -0.15) is 5.26 Å². The Hall–Kier alpha value is -1.96. The van der Waals surface area contributed by atoms with Gasteiger partial charge in [-0.05, 0) is 18.2 Å². The Morgan fingerprint density at radius 1 is 1.22 bits per heavy atom. The fraction of sp³-hybridized carbons (Fsp3) is 0. The summed E-state index contributed by atoms with van der Waals surface area (Å²) in [7, 11) is 0. The van der Waals surface area contributed by atoms with Crippen molar-refractivity contribution in [1.82, 2.24) is 4.98 Å². The second kappa shape index (κ2) is 5.13. The lowest BCUT2D eigenvalue weighted by Gasteiger charge is -2.08. The third-order valence-electron chi connectivity index (χ3n) is 2.14. The molecule has 0 spiro atoms. The van der Waals surface area contributed by atoms with Crippen LogP contribution in [-0.4, -0.2) is 4.98 Å². The van der Waals surface area contributed by atoms with E-state index in [0.717, 1.165) is 0 Å². The Bertz CT molecular complexity index is 638. The van der Waals surface area contributed by atoms with E-state index in [1.54, 1.807) is 30.3 Å². The summed E-state index contributed by atoms with van der Waals surface area (Å²) in [5.41, 5.74) is 5.96. The molecule has 0 bridgehead atoms. The zero-order valence-electron chi connectivity index (χ0n) is 9.02. The number of ether oxygens (including phenoxy) is 1. The minimum atomic E-state index is 0.102. The number of pyridine rings is 1. The van der Waals surface area contributed by atoms with Gasteiger partial charge in [0.05, 0.1) is 10.7 Å². The van der Waals surface area contributed by atoms with Crippen molar-refractivity contribution < 1.29 is 4.74 Å². The van der Waals surface area contributed by atoms with E-state index in [0.29, 0.717) is 16.5 Å². The molecule has 0 saturated carbocycles. The van der Waals surface area contributed by atoms with Gasteiger partial charge in [-0.1, -0.05) is 29.3 Å². The molecular formula is C12H7Cl2N3O. The van der Waals surface area contributed by atoms with Gasteiger partial charge < -0.3 is 10.5 Å². The van der Waals surface area contributed by atoms with Crippen LogP contribution < -0.4 is 10.5 Å². The first kappa shape index (κ1) is 12.5. The number of benzene rings is 1. The maximum atomic E-state index is 8.81. The molecular weight excluding hydrogens is 273 g/mol. The largest absolute Gasteiger partial charge is 0.437 e. The van der Waals surface area contributed by atoms with Crippen LogP contribution in [0.25, 0.3) is 0 Å². The highest BCUT2D eigenvalue weighted by atomic mass is 35.5. The molecule has 0 amide bonds. The van der Waals surface area contributed by atoms with Gasteiger partial charge in [0.2, 0.25) is 5.88 Å². The minimum Gasteiger partial charge on any atom is -0.437 e. The molecule has 0 unspecified atom stereocenters. The molecule has 0 aliphatic carbocycles. The lowest BCUT2D eigenvalue weighted by atomic mass is 10.3. The van der Waals surface area contributed by atoms with Gasteiger partial charge in [0.15, 0.2) is 5.69 Å². The van der Waals surface area contributed by atoms with Gasteiger partial charge in [0, 0.05) is 6.07 Å². The number of aromatic nitrogens is 1. The van der Waals surface area contributed by atoms with Crippen LogP contribution in [0.1, 0.15) is 5.69 Å². The van der Waals surface area contributed by atoms with Crippen LogP contribution in [0, 0.1) is 11.3 Å². The second-order valence-corrected chi connectivity index (χ2v) is 4.14. The van der Waals surface area contributed by atoms with Crippen molar-refractivity contribution in [3.05, 3.63) is 46.1 Å². The van der Waals surface area contributed by atoms with Crippen molar-refractivity contribution in [1.29, 1.82) is 5.26 Å². The number of nitrogen functional groups attached to an aromatic ring is 1. The number of nitrogens with zero attached hydrogens (tertiary/aromatic N) is 2. The van der Waals surface area contributed by atoms with Crippen molar-refractivity contribution in [3.63, 3.8) is 0 Å². The number of nitrogens with two attached hydrogens (primary N) is 1. The number of rotatable bonds is 2. The van der Waals surface area contributed by atoms with E-state index in [2.05, 4.69) is 4.98 Å². The van der Waals surface area contributed by atoms with Crippen LogP contribution in [0.15, 0.2) is 30.3 Å². The highest BCUT2D eigenvalue weighted by molar-refractivity contribution is 6.42. The van der Waals surface area contributed by atoms with Crippen molar-refractivity contribution >= 4 is 28.9 Å². The molecule has 2 rings (SSSR count). The summed E-state index contributed by atoms with van der Waals surface area (Å²) < 4.78 is 5.45. The molecule has 1 aromatic heterocycles. The van der Waals surface area contributed by atoms with Crippen LogP contribution in [0.2, 0.25) is 10.0 Å². The fourth-order valence-electron chi connectivity index (χ4n) is 1.27. The van der Waals surface area contributed by atoms with Gasteiger partial charge in [0.1, 0.15) is 16.8 Å². The van der Waals surface area contributed by atoms with E-state index in [4.69, 9.17) is 38.9 Å². The smallest absolute Gasteiger partial charge is 0.220 e. The Kier molecular flexibility index (Phi) is 3.56. The molecule has 2 N–H and O–H groups in total. The molecule has 18 heavy (non-hydrogen) atoms. The Morgan fingerprint density at radius 2 is 2.00 bits per heavy atom. The summed E-state index contributed by atoms with van der Waals surface area (Å²) in [5.74, 6) is 0.593. The minimum absolute atomic E-state index is 0.102. The molecule has 2 aromatic rings. The predicted molar refractivity (Wildman–Crippen MR) is 69.9 cm³/mol. The third kappa shape index (κ3) is 2.48. The molecule has 0 fully saturated rings. The van der Waals surface area contributed by atoms with Gasteiger partial charge in [-0.25, -0.2) is 4.98 Å². The lowest BCUT2D eigenvalue weighted by Crippen LogP contribution is -1.96. The summed E-state index contributed by atoms with van der Waals surface area (Å²) in [6, 6.07) is 9.96. The van der Waals surface area contributed by atoms with Crippen molar-refractivity contribution in [2.24, 2.45) is 0 Å². The molecule has 0 aliphatic rings. The average Bonchev–Trinajstić information content (AvgIpc) is 2.37. The van der Waals surface area contributed by atoms with Crippen LogP contribution in [-0.2, 0) is 0 Å². The first-order valence-electron chi connectivity index (χ1n) is 4.90. The standard InChI is InChI=1S/C12H7Cl2N3O/c13-7-2-1-3-10(12(7)14)18-11-5-4-8(16)9(6-15)17-11/h1-5H,16H2. The topological polar surface area (TPSA) is 71.9 Å². The summed E-state index contributed by atoms with van der Waals surface area (Å²) in [5, 5.41) is 9.48. The first-order valence-corrected chi connectivity index (χ1v) is 5.66. The van der Waals surface area contributed by atoms with E-state index in [9.17, 15) is 0 Å². The Balaban J connectivity index is 2.35. The summed E-state index contributed by atoms with van der Waals surface area (Å²) in [6.07, 6.45) is 0. The Morgan fingerprint density at radius 3 is 2.72 bits per heavy atom. The highest BCUT2D eigenvalue weighted by Gasteiger charge is 2.09. The summed E-state index contributed by atoms with van der Waals surface area (Å²) in [4.78, 5) is 3.95. The summed E-state index contributed by atoms with van der Waals surface area (Å²) in [6.45, 7) is 0. The molecule has 4 nitrogen and oxygen atoms in total. The maximum absolute atomic E-state index is 8.81. The first-order chi connectivity index (χ1) is 8.61. The van der Waals surface area contributed by atoms with Crippen LogP contribution in [0.4, 0.5) is 5.69 Å². The van der Waals surface area contributed by atoms with Gasteiger partial charge in [-0.3, -0.25) is 0 Å². The van der Waals surface area contributed by atoms with Gasteiger partial charge >= 0.3 is 0 Å². The third-order valence-corrected chi connectivity index (χ3v) is 2.94. The number of hydrogen-bond acceptors (Lipinski definition) is 4.